The fourth-order valence-electron chi connectivity index (χ4n) is 4.29. The molecule has 35 heavy (non-hydrogen) atoms. The lowest BCUT2D eigenvalue weighted by Crippen LogP contribution is -2.27. The summed E-state index contributed by atoms with van der Waals surface area (Å²) >= 11 is 0. The summed E-state index contributed by atoms with van der Waals surface area (Å²) in [6.07, 6.45) is 9.64. The number of aliphatic hydroxyl groups excluding tert-OH is 1. The number of benzene rings is 2. The van der Waals surface area contributed by atoms with Crippen molar-refractivity contribution in [2.75, 3.05) is 6.61 Å². The van der Waals surface area contributed by atoms with Gasteiger partial charge in [0.1, 0.15) is 18.5 Å². The van der Waals surface area contributed by atoms with E-state index in [1.165, 1.54) is 12.8 Å². The standard InChI is InChI=1S/C31H40O4/c1-3-5-7-17-26(35-31-22-10-11-23-33-31)18-12-20-29(32)27-19-13-21-30(28(27)14-4-2)34-24-25-15-8-6-9-16-25/h4,6,8-9,13,15-16,19,21,26,29,31-32H,2-3,5,7,10-11,14,17-18,22-24H2,1H3/t26-,29?,31?/m0/s1. The molecule has 3 rings (SSSR count). The highest BCUT2D eigenvalue weighted by atomic mass is 16.7. The third-order valence-electron chi connectivity index (χ3n) is 6.23. The molecule has 0 bridgehead atoms. The van der Waals surface area contributed by atoms with Crippen LogP contribution in [-0.2, 0) is 22.5 Å². The van der Waals surface area contributed by atoms with Crippen molar-refractivity contribution >= 4 is 0 Å². The maximum absolute atomic E-state index is 11.0. The van der Waals surface area contributed by atoms with Crippen LogP contribution in [0.3, 0.4) is 0 Å². The SMILES string of the molecule is C=CCc1c(OCc2ccccc2)cccc1C(O)C#CC[C@H](CCCCC)OC1CCCCO1. The molecule has 0 spiro atoms. The van der Waals surface area contributed by atoms with Crippen molar-refractivity contribution in [3.8, 4) is 17.6 Å². The van der Waals surface area contributed by atoms with Gasteiger partial charge in [-0.1, -0.05) is 86.6 Å². The number of unbranched alkanes of at least 4 members (excludes halogenated alkanes) is 2. The molecule has 0 saturated carbocycles. The van der Waals surface area contributed by atoms with Crippen LogP contribution < -0.4 is 4.74 Å². The van der Waals surface area contributed by atoms with Crippen molar-refractivity contribution in [2.45, 2.75) is 89.8 Å². The van der Waals surface area contributed by atoms with Gasteiger partial charge in [-0.25, -0.2) is 0 Å². The molecular formula is C31H40O4. The number of aliphatic hydroxyl groups is 1. The van der Waals surface area contributed by atoms with E-state index in [-0.39, 0.29) is 12.4 Å². The average molecular weight is 477 g/mol. The number of rotatable bonds is 13. The van der Waals surface area contributed by atoms with E-state index in [0.29, 0.717) is 19.4 Å². The van der Waals surface area contributed by atoms with Crippen molar-refractivity contribution in [3.63, 3.8) is 0 Å². The molecule has 3 atom stereocenters. The Kier molecular flexibility index (Phi) is 11.9. The zero-order valence-corrected chi connectivity index (χ0v) is 21.1. The van der Waals surface area contributed by atoms with Gasteiger partial charge in [-0.05, 0) is 49.3 Å². The van der Waals surface area contributed by atoms with E-state index in [4.69, 9.17) is 14.2 Å². The number of hydrogen-bond acceptors (Lipinski definition) is 4. The fraction of sp³-hybridized carbons (Fsp3) is 0.484. The maximum Gasteiger partial charge on any atom is 0.157 e. The molecule has 1 heterocycles. The number of ether oxygens (including phenoxy) is 3. The van der Waals surface area contributed by atoms with Gasteiger partial charge in [0.2, 0.25) is 0 Å². The molecule has 1 aliphatic heterocycles. The average Bonchev–Trinajstić information content (AvgIpc) is 2.89. The smallest absolute Gasteiger partial charge is 0.157 e. The topological polar surface area (TPSA) is 47.9 Å². The molecule has 0 aromatic heterocycles. The summed E-state index contributed by atoms with van der Waals surface area (Å²) in [5, 5.41) is 11.0. The monoisotopic (exact) mass is 476 g/mol. The molecule has 4 nitrogen and oxygen atoms in total. The highest BCUT2D eigenvalue weighted by Crippen LogP contribution is 2.29. The van der Waals surface area contributed by atoms with E-state index in [1.807, 2.05) is 54.6 Å². The molecular weight excluding hydrogens is 436 g/mol. The first kappa shape index (κ1) is 27.0. The highest BCUT2D eigenvalue weighted by Gasteiger charge is 2.19. The summed E-state index contributed by atoms with van der Waals surface area (Å²) in [7, 11) is 0. The molecule has 1 fully saturated rings. The summed E-state index contributed by atoms with van der Waals surface area (Å²) in [5.74, 6) is 7.00. The first-order valence-corrected chi connectivity index (χ1v) is 13.0. The van der Waals surface area contributed by atoms with E-state index in [0.717, 1.165) is 61.2 Å². The van der Waals surface area contributed by atoms with E-state index in [1.54, 1.807) is 0 Å². The third-order valence-corrected chi connectivity index (χ3v) is 6.23. The molecule has 2 aromatic rings. The third kappa shape index (κ3) is 9.18. The van der Waals surface area contributed by atoms with Crippen molar-refractivity contribution < 1.29 is 19.3 Å². The lowest BCUT2D eigenvalue weighted by Gasteiger charge is -2.27. The minimum absolute atomic E-state index is 0.0255. The van der Waals surface area contributed by atoms with Crippen LogP contribution in [0.2, 0.25) is 0 Å². The van der Waals surface area contributed by atoms with Crippen LogP contribution in [0, 0.1) is 11.8 Å². The van der Waals surface area contributed by atoms with Gasteiger partial charge in [-0.2, -0.15) is 0 Å². The summed E-state index contributed by atoms with van der Waals surface area (Å²) < 4.78 is 18.1. The normalized spacial score (nSPS) is 17.1. The Morgan fingerprint density at radius 3 is 2.74 bits per heavy atom. The molecule has 1 aliphatic rings. The predicted octanol–water partition coefficient (Wildman–Crippen LogP) is 6.91. The van der Waals surface area contributed by atoms with Gasteiger partial charge in [-0.15, -0.1) is 6.58 Å². The first-order chi connectivity index (χ1) is 17.2. The fourth-order valence-corrected chi connectivity index (χ4v) is 4.29. The Labute approximate surface area is 211 Å². The molecule has 1 N–H and O–H groups in total. The molecule has 0 aliphatic carbocycles. The minimum Gasteiger partial charge on any atom is -0.489 e. The van der Waals surface area contributed by atoms with Crippen molar-refractivity contribution in [3.05, 3.63) is 77.9 Å². The van der Waals surface area contributed by atoms with Gasteiger partial charge in [-0.3, -0.25) is 0 Å². The molecule has 4 heteroatoms. The summed E-state index contributed by atoms with van der Waals surface area (Å²) in [6.45, 7) is 7.33. The van der Waals surface area contributed by atoms with Gasteiger partial charge >= 0.3 is 0 Å². The zero-order valence-electron chi connectivity index (χ0n) is 21.1. The van der Waals surface area contributed by atoms with E-state index in [2.05, 4.69) is 25.3 Å². The molecule has 2 unspecified atom stereocenters. The quantitative estimate of drug-likeness (QED) is 0.194. The summed E-state index contributed by atoms with van der Waals surface area (Å²) in [5.41, 5.74) is 2.78. The van der Waals surface area contributed by atoms with Crippen molar-refractivity contribution in [1.82, 2.24) is 0 Å². The predicted molar refractivity (Wildman–Crippen MR) is 141 cm³/mol. The zero-order chi connectivity index (χ0) is 24.7. The Morgan fingerprint density at radius 2 is 2.00 bits per heavy atom. The largest absolute Gasteiger partial charge is 0.489 e. The Balaban J connectivity index is 1.67. The number of hydrogen-bond donors (Lipinski definition) is 1. The molecule has 2 aromatic carbocycles. The second kappa shape index (κ2) is 15.4. The van der Waals surface area contributed by atoms with E-state index in [9.17, 15) is 5.11 Å². The van der Waals surface area contributed by atoms with Crippen LogP contribution >= 0.6 is 0 Å². The van der Waals surface area contributed by atoms with Crippen LogP contribution in [0.5, 0.6) is 5.75 Å². The lowest BCUT2D eigenvalue weighted by atomic mass is 9.98. The minimum atomic E-state index is -0.896. The van der Waals surface area contributed by atoms with E-state index < -0.39 is 6.10 Å². The molecule has 1 saturated heterocycles. The first-order valence-electron chi connectivity index (χ1n) is 13.0. The molecule has 0 radical (unpaired) electrons. The molecule has 0 amide bonds. The van der Waals surface area contributed by atoms with Crippen molar-refractivity contribution in [2.24, 2.45) is 0 Å². The second-order valence-electron chi connectivity index (χ2n) is 9.07. The summed E-state index contributed by atoms with van der Waals surface area (Å²) in [4.78, 5) is 0. The van der Waals surface area contributed by atoms with Gasteiger partial charge in [0.05, 0.1) is 6.10 Å². The van der Waals surface area contributed by atoms with Gasteiger partial charge in [0.25, 0.3) is 0 Å². The van der Waals surface area contributed by atoms with Crippen LogP contribution in [0.1, 0.15) is 81.1 Å². The van der Waals surface area contributed by atoms with Crippen molar-refractivity contribution in [1.29, 1.82) is 0 Å². The van der Waals surface area contributed by atoms with Crippen LogP contribution in [0.4, 0.5) is 0 Å². The highest BCUT2D eigenvalue weighted by molar-refractivity contribution is 5.44. The summed E-state index contributed by atoms with van der Waals surface area (Å²) in [6, 6.07) is 15.8. The molecule has 188 valence electrons. The van der Waals surface area contributed by atoms with Crippen LogP contribution in [0.25, 0.3) is 0 Å². The van der Waals surface area contributed by atoms with Crippen LogP contribution in [0.15, 0.2) is 61.2 Å². The maximum atomic E-state index is 11.0. The Hall–Kier alpha value is -2.58. The van der Waals surface area contributed by atoms with Gasteiger partial charge in [0.15, 0.2) is 6.29 Å². The lowest BCUT2D eigenvalue weighted by molar-refractivity contribution is -0.188. The Morgan fingerprint density at radius 1 is 1.14 bits per heavy atom. The second-order valence-corrected chi connectivity index (χ2v) is 9.07. The number of allylic oxidation sites excluding steroid dienone is 1. The van der Waals surface area contributed by atoms with Gasteiger partial charge in [0, 0.05) is 18.6 Å². The van der Waals surface area contributed by atoms with E-state index >= 15 is 0 Å². The van der Waals surface area contributed by atoms with Crippen LogP contribution in [-0.4, -0.2) is 24.1 Å². The Bertz CT molecular complexity index is 937. The van der Waals surface area contributed by atoms with Gasteiger partial charge < -0.3 is 19.3 Å².